The maximum Gasteiger partial charge on any atom is 0.337 e. The van der Waals surface area contributed by atoms with Crippen LogP contribution in [0.2, 0.25) is 0 Å². The monoisotopic (exact) mass is 451 g/mol. The van der Waals surface area contributed by atoms with E-state index in [2.05, 4.69) is 37.2 Å². The van der Waals surface area contributed by atoms with Gasteiger partial charge in [0.25, 0.3) is 5.91 Å². The number of aromatic hydroxyl groups is 1. The average molecular weight is 453 g/mol. The van der Waals surface area contributed by atoms with Crippen LogP contribution in [0.3, 0.4) is 0 Å². The Bertz CT molecular complexity index is 882. The molecule has 5 nitrogen and oxygen atoms in total. The number of anilines is 1. The fourth-order valence-electron chi connectivity index (χ4n) is 2.41. The second-order valence-corrected chi connectivity index (χ2v) is 6.81. The lowest BCUT2D eigenvalue weighted by atomic mass is 10.0. The van der Waals surface area contributed by atoms with E-state index >= 15 is 0 Å². The molecule has 24 heavy (non-hydrogen) atoms. The van der Waals surface area contributed by atoms with Gasteiger partial charge in [-0.2, -0.15) is 0 Å². The van der Waals surface area contributed by atoms with Gasteiger partial charge in [0.1, 0.15) is 5.75 Å². The second-order valence-electron chi connectivity index (χ2n) is 5.10. The van der Waals surface area contributed by atoms with E-state index in [9.17, 15) is 14.7 Å². The van der Waals surface area contributed by atoms with Crippen LogP contribution < -0.4 is 5.32 Å². The van der Waals surface area contributed by atoms with Crippen LogP contribution in [0, 0.1) is 0 Å². The predicted octanol–water partition coefficient (Wildman–Crippen LogP) is 4.20. The first kappa shape index (κ1) is 16.7. The number of esters is 1. The maximum atomic E-state index is 12.3. The van der Waals surface area contributed by atoms with Crippen molar-refractivity contribution in [1.82, 2.24) is 0 Å². The molecule has 2 N–H and O–H groups in total. The maximum absolute atomic E-state index is 12.3. The smallest absolute Gasteiger partial charge is 0.337 e. The summed E-state index contributed by atoms with van der Waals surface area (Å²) in [6.45, 7) is 0. The van der Waals surface area contributed by atoms with Gasteiger partial charge in [0.15, 0.2) is 0 Å². The highest BCUT2D eigenvalue weighted by molar-refractivity contribution is 9.11. The van der Waals surface area contributed by atoms with E-state index in [0.29, 0.717) is 36.9 Å². The lowest BCUT2D eigenvalue weighted by Gasteiger charge is -2.05. The van der Waals surface area contributed by atoms with Gasteiger partial charge < -0.3 is 15.2 Å². The Hall–Kier alpha value is -2.12. The SMILES string of the molecule is COC(=O)c1ccc2c(c1)C(=Cc1cc(Br)c(O)c(Br)c1)C(=O)N2. The molecule has 0 spiro atoms. The lowest BCUT2D eigenvalue weighted by molar-refractivity contribution is -0.110. The number of carbonyl (C=O) groups is 2. The van der Waals surface area contributed by atoms with E-state index in [0.717, 1.165) is 0 Å². The number of nitrogens with one attached hydrogen (secondary N) is 1. The number of amides is 1. The van der Waals surface area contributed by atoms with Crippen LogP contribution in [0.1, 0.15) is 21.5 Å². The summed E-state index contributed by atoms with van der Waals surface area (Å²) in [6.07, 6.45) is 1.69. The third kappa shape index (κ3) is 2.97. The van der Waals surface area contributed by atoms with Crippen molar-refractivity contribution in [2.45, 2.75) is 0 Å². The number of phenolic OH excluding ortho intramolecular Hbond substituents is 1. The molecule has 7 heteroatoms. The van der Waals surface area contributed by atoms with E-state index in [1.165, 1.54) is 7.11 Å². The van der Waals surface area contributed by atoms with Gasteiger partial charge in [-0.15, -0.1) is 0 Å². The normalized spacial score (nSPS) is 14.5. The first-order valence-corrected chi connectivity index (χ1v) is 8.43. The Morgan fingerprint density at radius 3 is 2.50 bits per heavy atom. The summed E-state index contributed by atoms with van der Waals surface area (Å²) in [4.78, 5) is 24.0. The van der Waals surface area contributed by atoms with Gasteiger partial charge >= 0.3 is 5.97 Å². The number of hydrogen-bond donors (Lipinski definition) is 2. The largest absolute Gasteiger partial charge is 0.506 e. The molecule has 0 saturated heterocycles. The molecule has 0 radical (unpaired) electrons. The number of phenols is 1. The number of halogens is 2. The van der Waals surface area contributed by atoms with E-state index in [1.807, 2.05) is 0 Å². The molecule has 122 valence electrons. The molecular formula is C17H11Br2NO4. The first-order valence-electron chi connectivity index (χ1n) is 6.84. The molecule has 0 aromatic heterocycles. The fraction of sp³-hybridized carbons (Fsp3) is 0.0588. The first-order chi connectivity index (χ1) is 11.4. The standard InChI is InChI=1S/C17H11Br2NO4/c1-24-17(23)9-2-3-14-10(7-9)11(16(22)20-14)4-8-5-12(18)15(21)13(19)6-8/h2-7,21H,1H3,(H,20,22). The minimum Gasteiger partial charge on any atom is -0.506 e. The minimum atomic E-state index is -0.466. The molecule has 1 heterocycles. The molecule has 0 fully saturated rings. The van der Waals surface area contributed by atoms with Crippen molar-refractivity contribution in [2.75, 3.05) is 12.4 Å². The van der Waals surface area contributed by atoms with E-state index < -0.39 is 5.97 Å². The average Bonchev–Trinajstić information content (AvgIpc) is 2.87. The molecule has 0 saturated carbocycles. The summed E-state index contributed by atoms with van der Waals surface area (Å²) in [5.74, 6) is -0.639. The summed E-state index contributed by atoms with van der Waals surface area (Å²) < 4.78 is 5.73. The molecule has 3 rings (SSSR count). The second kappa shape index (κ2) is 6.41. The molecular weight excluding hydrogens is 442 g/mol. The number of carbonyl (C=O) groups excluding carboxylic acids is 2. The Morgan fingerprint density at radius 1 is 1.21 bits per heavy atom. The molecule has 0 atom stereocenters. The van der Waals surface area contributed by atoms with Crippen molar-refractivity contribution < 1.29 is 19.4 Å². The summed E-state index contributed by atoms with van der Waals surface area (Å²) in [5.41, 5.74) is 2.78. The third-order valence-electron chi connectivity index (χ3n) is 3.57. The van der Waals surface area contributed by atoms with Gasteiger partial charge in [0.05, 0.1) is 21.6 Å². The van der Waals surface area contributed by atoms with Gasteiger partial charge in [0, 0.05) is 16.8 Å². The van der Waals surface area contributed by atoms with Crippen molar-refractivity contribution >= 4 is 61.1 Å². The zero-order valence-electron chi connectivity index (χ0n) is 12.4. The molecule has 0 unspecified atom stereocenters. The van der Waals surface area contributed by atoms with Crippen molar-refractivity contribution in [2.24, 2.45) is 0 Å². The van der Waals surface area contributed by atoms with Crippen molar-refractivity contribution in [3.63, 3.8) is 0 Å². The van der Waals surface area contributed by atoms with Crippen LogP contribution in [0.15, 0.2) is 39.3 Å². The van der Waals surface area contributed by atoms with Crippen LogP contribution in [-0.2, 0) is 9.53 Å². The van der Waals surface area contributed by atoms with E-state index in [1.54, 1.807) is 36.4 Å². The fourth-order valence-corrected chi connectivity index (χ4v) is 3.63. The van der Waals surface area contributed by atoms with Gasteiger partial charge in [0.2, 0.25) is 0 Å². The Morgan fingerprint density at radius 2 is 1.88 bits per heavy atom. The molecule has 2 aromatic carbocycles. The topological polar surface area (TPSA) is 75.6 Å². The highest BCUT2D eigenvalue weighted by atomic mass is 79.9. The summed E-state index contributed by atoms with van der Waals surface area (Å²) in [7, 11) is 1.31. The van der Waals surface area contributed by atoms with Crippen LogP contribution in [0.25, 0.3) is 11.6 Å². The molecule has 1 amide bonds. The summed E-state index contributed by atoms with van der Waals surface area (Å²) in [5, 5.41) is 12.5. The number of benzene rings is 2. The van der Waals surface area contributed by atoms with Crippen molar-refractivity contribution in [1.29, 1.82) is 0 Å². The van der Waals surface area contributed by atoms with Crippen LogP contribution in [-0.4, -0.2) is 24.1 Å². The Labute approximate surface area is 154 Å². The van der Waals surface area contributed by atoms with Gasteiger partial charge in [-0.1, -0.05) is 0 Å². The van der Waals surface area contributed by atoms with Crippen molar-refractivity contribution in [3.05, 3.63) is 56.0 Å². The van der Waals surface area contributed by atoms with Gasteiger partial charge in [-0.05, 0) is 73.8 Å². The summed E-state index contributed by atoms with van der Waals surface area (Å²) in [6, 6.07) is 8.28. The Kier molecular flexibility index (Phi) is 4.47. The van der Waals surface area contributed by atoms with Gasteiger partial charge in [-0.3, -0.25) is 4.79 Å². The van der Waals surface area contributed by atoms with Gasteiger partial charge in [-0.25, -0.2) is 4.79 Å². The number of hydrogen-bond acceptors (Lipinski definition) is 4. The summed E-state index contributed by atoms with van der Waals surface area (Å²) >= 11 is 6.52. The molecule has 1 aliphatic heterocycles. The van der Waals surface area contributed by atoms with Crippen molar-refractivity contribution in [3.8, 4) is 5.75 Å². The molecule has 1 aliphatic rings. The lowest BCUT2D eigenvalue weighted by Crippen LogP contribution is -2.03. The van der Waals surface area contributed by atoms with E-state index in [4.69, 9.17) is 4.74 Å². The zero-order chi connectivity index (χ0) is 17.4. The predicted molar refractivity (Wildman–Crippen MR) is 97.8 cm³/mol. The number of rotatable bonds is 2. The number of ether oxygens (including phenoxy) is 1. The molecule has 0 bridgehead atoms. The number of fused-ring (bicyclic) bond motifs is 1. The highest BCUT2D eigenvalue weighted by Gasteiger charge is 2.25. The highest BCUT2D eigenvalue weighted by Crippen LogP contribution is 2.37. The minimum absolute atomic E-state index is 0.0846. The van der Waals surface area contributed by atoms with Crippen LogP contribution in [0.5, 0.6) is 5.75 Å². The van der Waals surface area contributed by atoms with Crippen LogP contribution >= 0.6 is 31.9 Å². The third-order valence-corrected chi connectivity index (χ3v) is 4.78. The van der Waals surface area contributed by atoms with E-state index in [-0.39, 0.29) is 11.7 Å². The van der Waals surface area contributed by atoms with Crippen LogP contribution in [0.4, 0.5) is 5.69 Å². The number of methoxy groups -OCH3 is 1. The quantitative estimate of drug-likeness (QED) is 0.529. The molecule has 0 aliphatic carbocycles. The Balaban J connectivity index is 2.10. The zero-order valence-corrected chi connectivity index (χ0v) is 15.6. The molecule has 2 aromatic rings.